The van der Waals surface area contributed by atoms with Gasteiger partial charge >= 0.3 is 0 Å². The second kappa shape index (κ2) is 13.1. The van der Waals surface area contributed by atoms with Crippen LogP contribution in [0.4, 0.5) is 5.69 Å². The van der Waals surface area contributed by atoms with Gasteiger partial charge < -0.3 is 10.2 Å². The molecule has 0 radical (unpaired) electrons. The molecule has 214 valence electrons. The average Bonchev–Trinajstić information content (AvgIpc) is 2.85. The molecule has 0 spiro atoms. The van der Waals surface area contributed by atoms with E-state index in [1.807, 2.05) is 57.2 Å². The number of nitrogens with zero attached hydrogens (tertiary/aromatic N) is 2. The molecule has 0 aliphatic rings. The molecule has 10 heteroatoms. The molecule has 40 heavy (non-hydrogen) atoms. The smallest absolute Gasteiger partial charge is 0.244 e. The first-order valence-electron chi connectivity index (χ1n) is 12.8. The lowest BCUT2D eigenvalue weighted by Gasteiger charge is -2.35. The van der Waals surface area contributed by atoms with E-state index in [1.165, 1.54) is 11.0 Å². The fourth-order valence-corrected chi connectivity index (χ4v) is 5.56. The van der Waals surface area contributed by atoms with Crippen molar-refractivity contribution in [1.29, 1.82) is 0 Å². The summed E-state index contributed by atoms with van der Waals surface area (Å²) in [5.41, 5.74) is 1.92. The van der Waals surface area contributed by atoms with Crippen molar-refractivity contribution in [3.63, 3.8) is 0 Å². The van der Waals surface area contributed by atoms with Gasteiger partial charge in [-0.25, -0.2) is 8.42 Å². The Morgan fingerprint density at radius 3 is 2.12 bits per heavy atom. The molecular formula is C30H35Cl2N3O4S. The van der Waals surface area contributed by atoms with Crippen molar-refractivity contribution in [1.82, 2.24) is 10.2 Å². The first-order valence-corrected chi connectivity index (χ1v) is 15.4. The summed E-state index contributed by atoms with van der Waals surface area (Å²) in [7, 11) is -3.89. The highest BCUT2D eigenvalue weighted by molar-refractivity contribution is 7.92. The maximum Gasteiger partial charge on any atom is 0.244 e. The number of nitrogens with one attached hydrogen (secondary N) is 1. The number of anilines is 1. The van der Waals surface area contributed by atoms with E-state index in [-0.39, 0.29) is 18.9 Å². The Kier molecular flexibility index (Phi) is 10.3. The van der Waals surface area contributed by atoms with Gasteiger partial charge in [-0.3, -0.25) is 13.9 Å². The average molecular weight is 605 g/mol. The van der Waals surface area contributed by atoms with Crippen molar-refractivity contribution < 1.29 is 18.0 Å². The molecule has 3 rings (SSSR count). The van der Waals surface area contributed by atoms with Crippen molar-refractivity contribution in [3.8, 4) is 0 Å². The van der Waals surface area contributed by atoms with Crippen LogP contribution < -0.4 is 9.62 Å². The van der Waals surface area contributed by atoms with Crippen LogP contribution in [0.15, 0.2) is 72.8 Å². The summed E-state index contributed by atoms with van der Waals surface area (Å²) in [6, 6.07) is 20.3. The molecule has 0 heterocycles. The van der Waals surface area contributed by atoms with Gasteiger partial charge in [0.2, 0.25) is 21.8 Å². The van der Waals surface area contributed by atoms with Crippen molar-refractivity contribution in [2.45, 2.75) is 52.2 Å². The number of benzene rings is 3. The zero-order valence-electron chi connectivity index (χ0n) is 23.3. The van der Waals surface area contributed by atoms with Crippen LogP contribution in [-0.2, 0) is 32.6 Å². The van der Waals surface area contributed by atoms with Gasteiger partial charge in [0.15, 0.2) is 0 Å². The van der Waals surface area contributed by atoms with Crippen molar-refractivity contribution in [2.24, 2.45) is 0 Å². The third-order valence-corrected chi connectivity index (χ3v) is 7.73. The first kappa shape index (κ1) is 31.5. The molecule has 3 aromatic rings. The molecular weight excluding hydrogens is 569 g/mol. The maximum atomic E-state index is 14.1. The van der Waals surface area contributed by atoms with Crippen molar-refractivity contribution in [3.05, 3.63) is 99.5 Å². The maximum absolute atomic E-state index is 14.1. The molecule has 0 bridgehead atoms. The Balaban J connectivity index is 2.10. The van der Waals surface area contributed by atoms with Gasteiger partial charge in [0.25, 0.3) is 0 Å². The standard InChI is InChI=1S/C30H35Cl2N3O4S/c1-21-14-15-25(32)18-26(21)35(40(5,38)39)20-28(36)34(19-23-12-9-13-24(31)16-23)27(29(37)33-30(2,3)4)17-22-10-7-6-8-11-22/h6-16,18,27H,17,19-20H2,1-5H3,(H,33,37)/t27-/m0/s1. The van der Waals surface area contributed by atoms with Crippen molar-refractivity contribution in [2.75, 3.05) is 17.1 Å². The predicted molar refractivity (Wildman–Crippen MR) is 162 cm³/mol. The largest absolute Gasteiger partial charge is 0.350 e. The summed E-state index contributed by atoms with van der Waals surface area (Å²) < 4.78 is 26.9. The van der Waals surface area contributed by atoms with Crippen LogP contribution in [-0.4, -0.2) is 49.5 Å². The minimum Gasteiger partial charge on any atom is -0.350 e. The Morgan fingerprint density at radius 1 is 0.900 bits per heavy atom. The molecule has 3 aromatic carbocycles. The van der Waals surface area contributed by atoms with E-state index in [2.05, 4.69) is 5.32 Å². The number of rotatable bonds is 10. The first-order chi connectivity index (χ1) is 18.6. The van der Waals surface area contributed by atoms with Crippen molar-refractivity contribution >= 4 is 50.7 Å². The van der Waals surface area contributed by atoms with Gasteiger partial charge in [-0.1, -0.05) is 71.7 Å². The van der Waals surface area contributed by atoms with Gasteiger partial charge in [0, 0.05) is 28.5 Å². The zero-order valence-corrected chi connectivity index (χ0v) is 25.6. The van der Waals surface area contributed by atoms with Crippen LogP contribution in [0.3, 0.4) is 0 Å². The summed E-state index contributed by atoms with van der Waals surface area (Å²) in [5.74, 6) is -0.897. The lowest BCUT2D eigenvalue weighted by Crippen LogP contribution is -2.56. The minimum atomic E-state index is -3.89. The van der Waals surface area contributed by atoms with E-state index in [0.29, 0.717) is 26.9 Å². The zero-order chi connectivity index (χ0) is 29.7. The number of hydrogen-bond donors (Lipinski definition) is 1. The number of aryl methyl sites for hydroxylation is 1. The summed E-state index contributed by atoms with van der Waals surface area (Å²) in [4.78, 5) is 29.3. The monoisotopic (exact) mass is 603 g/mol. The highest BCUT2D eigenvalue weighted by Gasteiger charge is 2.34. The molecule has 0 saturated heterocycles. The van der Waals surface area contributed by atoms with Crippen LogP contribution in [0, 0.1) is 6.92 Å². The number of hydrogen-bond acceptors (Lipinski definition) is 4. The fraction of sp³-hybridized carbons (Fsp3) is 0.333. The highest BCUT2D eigenvalue weighted by atomic mass is 35.5. The number of sulfonamides is 1. The summed E-state index contributed by atoms with van der Waals surface area (Å²) in [6.07, 6.45) is 1.26. The Morgan fingerprint density at radius 2 is 1.52 bits per heavy atom. The quantitative estimate of drug-likeness (QED) is 0.326. The molecule has 0 fully saturated rings. The summed E-state index contributed by atoms with van der Waals surface area (Å²) >= 11 is 12.4. The Bertz CT molecular complexity index is 1460. The van der Waals surface area contributed by atoms with E-state index in [9.17, 15) is 18.0 Å². The molecule has 7 nitrogen and oxygen atoms in total. The van der Waals surface area contributed by atoms with Gasteiger partial charge in [-0.2, -0.15) is 0 Å². The van der Waals surface area contributed by atoms with E-state index in [1.54, 1.807) is 37.3 Å². The van der Waals surface area contributed by atoms with E-state index in [0.717, 1.165) is 16.1 Å². The highest BCUT2D eigenvalue weighted by Crippen LogP contribution is 2.27. The van der Waals surface area contributed by atoms with Crippen LogP contribution in [0.2, 0.25) is 10.0 Å². The summed E-state index contributed by atoms with van der Waals surface area (Å²) in [6.45, 7) is 6.85. The van der Waals surface area contributed by atoms with Gasteiger partial charge in [0.1, 0.15) is 12.6 Å². The number of carbonyl (C=O) groups is 2. The van der Waals surface area contributed by atoms with E-state index in [4.69, 9.17) is 23.2 Å². The lowest BCUT2D eigenvalue weighted by molar-refractivity contribution is -0.140. The third-order valence-electron chi connectivity index (χ3n) is 6.13. The molecule has 0 aliphatic carbocycles. The van der Waals surface area contributed by atoms with E-state index < -0.39 is 34.1 Å². The SMILES string of the molecule is Cc1ccc(Cl)cc1N(CC(=O)N(Cc1cccc(Cl)c1)[C@@H](Cc1ccccc1)C(=O)NC(C)(C)C)S(C)(=O)=O. The van der Waals surface area contributed by atoms with E-state index >= 15 is 0 Å². The van der Waals surface area contributed by atoms with Crippen LogP contribution in [0.1, 0.15) is 37.5 Å². The number of carbonyl (C=O) groups excluding carboxylic acids is 2. The molecule has 0 saturated carbocycles. The van der Waals surface area contributed by atoms with Crippen LogP contribution in [0.25, 0.3) is 0 Å². The molecule has 0 aliphatic heterocycles. The molecule has 0 aromatic heterocycles. The van der Waals surface area contributed by atoms with Crippen LogP contribution >= 0.6 is 23.2 Å². The van der Waals surface area contributed by atoms with Gasteiger partial charge in [-0.15, -0.1) is 0 Å². The molecule has 1 atom stereocenters. The number of halogens is 2. The molecule has 2 amide bonds. The Hall–Kier alpha value is -3.07. The molecule has 1 N–H and O–H groups in total. The minimum absolute atomic E-state index is 0.0422. The Labute approximate surface area is 247 Å². The second-order valence-corrected chi connectivity index (χ2v) is 13.6. The molecule has 0 unspecified atom stereocenters. The summed E-state index contributed by atoms with van der Waals surface area (Å²) in [5, 5.41) is 3.82. The van der Waals surface area contributed by atoms with Crippen LogP contribution in [0.5, 0.6) is 0 Å². The van der Waals surface area contributed by atoms with Gasteiger partial charge in [-0.05, 0) is 68.7 Å². The lowest BCUT2D eigenvalue weighted by atomic mass is 10.0. The third kappa shape index (κ3) is 8.98. The second-order valence-electron chi connectivity index (χ2n) is 10.8. The predicted octanol–water partition coefficient (Wildman–Crippen LogP) is 5.62. The normalized spacial score (nSPS) is 12.5. The topological polar surface area (TPSA) is 86.8 Å². The number of amides is 2. The van der Waals surface area contributed by atoms with Gasteiger partial charge in [0.05, 0.1) is 11.9 Å². The fourth-order valence-electron chi connectivity index (χ4n) is 4.28.